The van der Waals surface area contributed by atoms with Crippen molar-refractivity contribution in [3.8, 4) is 0 Å². The minimum atomic E-state index is -4.63. The van der Waals surface area contributed by atoms with Crippen LogP contribution in [0.25, 0.3) is 0 Å². The third kappa shape index (κ3) is 2.79. The highest BCUT2D eigenvalue weighted by molar-refractivity contribution is 5.76. The monoisotopic (exact) mass is 295 g/mol. The van der Waals surface area contributed by atoms with Gasteiger partial charge in [-0.05, 0) is 44.7 Å². The van der Waals surface area contributed by atoms with E-state index in [1.54, 1.807) is 4.90 Å². The molecule has 1 saturated carbocycles. The second kappa shape index (κ2) is 4.87. The molecule has 20 heavy (non-hydrogen) atoms. The van der Waals surface area contributed by atoms with Gasteiger partial charge in [0.25, 0.3) is 0 Å². The minimum absolute atomic E-state index is 0.0757. The van der Waals surface area contributed by atoms with Crippen LogP contribution in [0.15, 0.2) is 0 Å². The van der Waals surface area contributed by atoms with E-state index in [0.717, 1.165) is 13.3 Å². The fourth-order valence-electron chi connectivity index (χ4n) is 3.06. The van der Waals surface area contributed by atoms with E-state index in [1.807, 2.05) is 0 Å². The Morgan fingerprint density at radius 2 is 1.95 bits per heavy atom. The van der Waals surface area contributed by atoms with Crippen molar-refractivity contribution in [2.45, 2.75) is 38.0 Å². The summed E-state index contributed by atoms with van der Waals surface area (Å²) in [6, 6.07) is 0. The maximum absolute atomic E-state index is 12.6. The minimum Gasteiger partial charge on any atom is -0.469 e. The first-order valence-corrected chi connectivity index (χ1v) is 6.71. The zero-order chi connectivity index (χ0) is 15.2. The zero-order valence-corrected chi connectivity index (χ0v) is 11.7. The molecule has 0 aromatic heterocycles. The molecular weight excluding hydrogens is 275 g/mol. The first kappa shape index (κ1) is 15.6. The van der Waals surface area contributed by atoms with Gasteiger partial charge in [0.05, 0.1) is 13.0 Å². The van der Waals surface area contributed by atoms with Crippen LogP contribution in [0.1, 0.15) is 26.2 Å². The molecule has 2 aliphatic rings. The van der Waals surface area contributed by atoms with E-state index in [2.05, 4.69) is 0 Å². The Kier molecular flexibility index (Phi) is 3.79. The molecule has 1 N–H and O–H groups in total. The summed E-state index contributed by atoms with van der Waals surface area (Å²) >= 11 is 0. The van der Waals surface area contributed by atoms with Crippen LogP contribution in [0.3, 0.4) is 0 Å². The first-order chi connectivity index (χ1) is 9.11. The van der Waals surface area contributed by atoms with Crippen molar-refractivity contribution < 1.29 is 27.8 Å². The van der Waals surface area contributed by atoms with Crippen molar-refractivity contribution in [2.24, 2.45) is 11.3 Å². The van der Waals surface area contributed by atoms with Crippen molar-refractivity contribution in [3.63, 3.8) is 0 Å². The number of nitrogens with zero attached hydrogens (tertiary/aromatic N) is 1. The quantitative estimate of drug-likeness (QED) is 0.803. The van der Waals surface area contributed by atoms with Crippen LogP contribution < -0.4 is 0 Å². The number of halogens is 3. The van der Waals surface area contributed by atoms with Gasteiger partial charge >= 0.3 is 12.1 Å². The molecule has 1 saturated heterocycles. The van der Waals surface area contributed by atoms with Crippen LogP contribution >= 0.6 is 0 Å². The van der Waals surface area contributed by atoms with Crippen molar-refractivity contribution in [3.05, 3.63) is 0 Å². The molecule has 0 amide bonds. The van der Waals surface area contributed by atoms with Crippen LogP contribution in [-0.2, 0) is 9.53 Å². The number of likely N-dealkylation sites (tertiary alicyclic amines) is 1. The largest absolute Gasteiger partial charge is 0.469 e. The van der Waals surface area contributed by atoms with E-state index < -0.39 is 18.3 Å². The number of hydrogen-bond donors (Lipinski definition) is 1. The highest BCUT2D eigenvalue weighted by Gasteiger charge is 2.60. The number of aliphatic hydroxyl groups is 1. The predicted octanol–water partition coefficient (Wildman–Crippen LogP) is 1.57. The smallest absolute Gasteiger partial charge is 0.418 e. The van der Waals surface area contributed by atoms with Gasteiger partial charge in [-0.3, -0.25) is 4.79 Å². The van der Waals surface area contributed by atoms with Gasteiger partial charge in [-0.15, -0.1) is 0 Å². The highest BCUT2D eigenvalue weighted by atomic mass is 19.4. The van der Waals surface area contributed by atoms with Crippen LogP contribution in [0.5, 0.6) is 0 Å². The molecule has 0 bridgehead atoms. The van der Waals surface area contributed by atoms with Crippen LogP contribution in [-0.4, -0.2) is 54.5 Å². The summed E-state index contributed by atoms with van der Waals surface area (Å²) < 4.78 is 42.6. The molecular formula is C13H20F3NO3. The normalized spacial score (nSPS) is 29.0. The molecule has 1 heterocycles. The molecule has 0 aromatic rings. The molecule has 0 radical (unpaired) electrons. The summed E-state index contributed by atoms with van der Waals surface area (Å²) in [6.45, 7) is 1.32. The fourth-order valence-corrected chi connectivity index (χ4v) is 3.06. The van der Waals surface area contributed by atoms with Crippen molar-refractivity contribution in [2.75, 3.05) is 26.7 Å². The molecule has 1 spiro atoms. The summed E-state index contributed by atoms with van der Waals surface area (Å²) in [5, 5.41) is 9.49. The van der Waals surface area contributed by atoms with E-state index in [9.17, 15) is 23.1 Å². The Hall–Kier alpha value is -0.820. The predicted molar refractivity (Wildman–Crippen MR) is 64.9 cm³/mol. The van der Waals surface area contributed by atoms with E-state index in [4.69, 9.17) is 4.74 Å². The molecule has 2 fully saturated rings. The van der Waals surface area contributed by atoms with E-state index in [0.29, 0.717) is 25.9 Å². The Morgan fingerprint density at radius 3 is 2.40 bits per heavy atom. The third-order valence-electron chi connectivity index (χ3n) is 4.67. The number of piperidine rings is 1. The van der Waals surface area contributed by atoms with E-state index >= 15 is 0 Å². The lowest BCUT2D eigenvalue weighted by Crippen LogP contribution is -2.53. The van der Waals surface area contributed by atoms with Crippen LogP contribution in [0.2, 0.25) is 0 Å². The summed E-state index contributed by atoms with van der Waals surface area (Å²) in [5.74, 6) is -0.321. The first-order valence-electron chi connectivity index (χ1n) is 6.71. The molecule has 4 nitrogen and oxygen atoms in total. The van der Waals surface area contributed by atoms with Gasteiger partial charge in [-0.1, -0.05) is 0 Å². The number of ether oxygens (including phenoxy) is 1. The van der Waals surface area contributed by atoms with E-state index in [-0.39, 0.29) is 17.3 Å². The number of rotatable bonds is 3. The van der Waals surface area contributed by atoms with Gasteiger partial charge in [0.2, 0.25) is 0 Å². The third-order valence-corrected chi connectivity index (χ3v) is 4.67. The highest BCUT2D eigenvalue weighted by Crippen LogP contribution is 2.59. The maximum Gasteiger partial charge on any atom is 0.418 e. The zero-order valence-electron chi connectivity index (χ0n) is 11.7. The number of carbonyl (C=O) groups excluding carboxylic acids is 1. The molecule has 2 atom stereocenters. The molecule has 1 aliphatic carbocycles. The van der Waals surface area contributed by atoms with Gasteiger partial charge in [0, 0.05) is 6.54 Å². The Morgan fingerprint density at radius 1 is 1.40 bits per heavy atom. The van der Waals surface area contributed by atoms with Crippen molar-refractivity contribution >= 4 is 5.97 Å². The number of methoxy groups -OCH3 is 1. The number of β-amino-alcohol motifs (C(OH)–C–C–N with tert-alkyl or cyclic N) is 1. The van der Waals surface area contributed by atoms with Gasteiger partial charge in [0.15, 0.2) is 5.60 Å². The SMILES string of the molecule is COC(=O)C1CC12CCN(CC(C)(O)C(F)(F)F)CC2. The number of hydrogen-bond acceptors (Lipinski definition) is 4. The average Bonchev–Trinajstić information content (AvgIpc) is 3.04. The number of esters is 1. The molecule has 2 unspecified atom stereocenters. The average molecular weight is 295 g/mol. The van der Waals surface area contributed by atoms with Gasteiger partial charge in [-0.25, -0.2) is 0 Å². The van der Waals surface area contributed by atoms with Crippen LogP contribution in [0.4, 0.5) is 13.2 Å². The topological polar surface area (TPSA) is 49.8 Å². The fraction of sp³-hybridized carbons (Fsp3) is 0.923. The Labute approximate surface area is 115 Å². The standard InChI is InChI=1S/C13H20F3NO3/c1-11(19,13(14,15)16)8-17-5-3-12(4-6-17)7-9(12)10(18)20-2/h9,19H,3-8H2,1-2H3. The second-order valence-corrected chi connectivity index (χ2v) is 6.19. The summed E-state index contributed by atoms with van der Waals surface area (Å²) in [4.78, 5) is 13.1. The van der Waals surface area contributed by atoms with Crippen molar-refractivity contribution in [1.82, 2.24) is 4.90 Å². The molecule has 116 valence electrons. The lowest BCUT2D eigenvalue weighted by atomic mass is 9.90. The molecule has 7 heteroatoms. The molecule has 1 aliphatic heterocycles. The Balaban J connectivity index is 1.86. The second-order valence-electron chi connectivity index (χ2n) is 6.19. The summed E-state index contributed by atoms with van der Waals surface area (Å²) in [7, 11) is 1.35. The lowest BCUT2D eigenvalue weighted by Gasteiger charge is -2.37. The maximum atomic E-state index is 12.6. The van der Waals surface area contributed by atoms with E-state index in [1.165, 1.54) is 7.11 Å². The van der Waals surface area contributed by atoms with Gasteiger partial charge in [-0.2, -0.15) is 13.2 Å². The molecule has 2 rings (SSSR count). The van der Waals surface area contributed by atoms with Gasteiger partial charge in [0.1, 0.15) is 0 Å². The summed E-state index contributed by atoms with van der Waals surface area (Å²) in [6.07, 6.45) is -2.50. The number of alkyl halides is 3. The molecule has 0 aromatic carbocycles. The summed E-state index contributed by atoms with van der Waals surface area (Å²) in [5.41, 5.74) is -2.77. The van der Waals surface area contributed by atoms with Crippen LogP contribution in [0, 0.1) is 11.3 Å². The van der Waals surface area contributed by atoms with Crippen molar-refractivity contribution in [1.29, 1.82) is 0 Å². The number of carbonyl (C=O) groups is 1. The van der Waals surface area contributed by atoms with Gasteiger partial charge < -0.3 is 14.7 Å². The Bertz CT molecular complexity index is 387. The lowest BCUT2D eigenvalue weighted by molar-refractivity contribution is -0.258.